The van der Waals surface area contributed by atoms with Crippen molar-refractivity contribution in [2.24, 2.45) is 5.16 Å². The maximum atomic E-state index is 5.94. The van der Waals surface area contributed by atoms with E-state index in [1.54, 1.807) is 38.6 Å². The van der Waals surface area contributed by atoms with E-state index in [-0.39, 0.29) is 0 Å². The molecule has 0 aromatic heterocycles. The topological polar surface area (TPSA) is 40.0 Å². The van der Waals surface area contributed by atoms with Crippen LogP contribution in [0.15, 0.2) is 41.6 Å². The number of nitrogens with zero attached hydrogens (tertiary/aromatic N) is 1. The molecule has 0 spiro atoms. The van der Waals surface area contributed by atoms with Crippen molar-refractivity contribution in [1.29, 1.82) is 0 Å². The predicted molar refractivity (Wildman–Crippen MR) is 88.4 cm³/mol. The van der Waals surface area contributed by atoms with Gasteiger partial charge in [0.25, 0.3) is 0 Å². The van der Waals surface area contributed by atoms with Gasteiger partial charge < -0.3 is 14.3 Å². The van der Waals surface area contributed by atoms with Gasteiger partial charge in [0.2, 0.25) is 0 Å². The van der Waals surface area contributed by atoms with E-state index in [0.717, 1.165) is 11.1 Å². The quantitative estimate of drug-likeness (QED) is 0.572. The van der Waals surface area contributed by atoms with Gasteiger partial charge in [0.05, 0.1) is 30.5 Å². The lowest BCUT2D eigenvalue weighted by atomic mass is 10.2. The number of hydrogen-bond acceptors (Lipinski definition) is 4. The zero-order valence-electron chi connectivity index (χ0n) is 12.2. The molecule has 0 saturated carbocycles. The maximum absolute atomic E-state index is 5.94. The molecule has 0 heterocycles. The SMILES string of the molecule is COc1ccc(/C=N/OCc2ccc(Cl)c(Cl)c2)c(OC)c1. The summed E-state index contributed by atoms with van der Waals surface area (Å²) >= 11 is 11.8. The molecule has 0 saturated heterocycles. The molecule has 116 valence electrons. The number of benzene rings is 2. The van der Waals surface area contributed by atoms with Crippen molar-refractivity contribution in [1.82, 2.24) is 0 Å². The summed E-state index contributed by atoms with van der Waals surface area (Å²) in [7, 11) is 3.19. The Balaban J connectivity index is 1.99. The van der Waals surface area contributed by atoms with Gasteiger partial charge in [0, 0.05) is 11.6 Å². The van der Waals surface area contributed by atoms with Crippen LogP contribution < -0.4 is 9.47 Å². The molecule has 0 bridgehead atoms. The van der Waals surface area contributed by atoms with Crippen molar-refractivity contribution >= 4 is 29.4 Å². The summed E-state index contributed by atoms with van der Waals surface area (Å²) in [5.74, 6) is 1.37. The maximum Gasteiger partial charge on any atom is 0.142 e. The zero-order chi connectivity index (χ0) is 15.9. The van der Waals surface area contributed by atoms with Crippen LogP contribution in [0.3, 0.4) is 0 Å². The summed E-state index contributed by atoms with van der Waals surface area (Å²) < 4.78 is 10.4. The average molecular weight is 340 g/mol. The Bertz CT molecular complexity index is 674. The second-order valence-corrected chi connectivity index (χ2v) is 5.18. The van der Waals surface area contributed by atoms with Crippen LogP contribution in [0.2, 0.25) is 10.0 Å². The Morgan fingerprint density at radius 3 is 2.50 bits per heavy atom. The van der Waals surface area contributed by atoms with E-state index < -0.39 is 0 Å². The van der Waals surface area contributed by atoms with Crippen molar-refractivity contribution in [2.75, 3.05) is 14.2 Å². The van der Waals surface area contributed by atoms with E-state index in [4.69, 9.17) is 37.5 Å². The second kappa shape index (κ2) is 7.92. The lowest BCUT2D eigenvalue weighted by Gasteiger charge is -2.07. The van der Waals surface area contributed by atoms with Crippen LogP contribution >= 0.6 is 23.2 Å². The van der Waals surface area contributed by atoms with Gasteiger partial charge in [0.1, 0.15) is 18.1 Å². The van der Waals surface area contributed by atoms with E-state index in [1.165, 1.54) is 0 Å². The molecular formula is C16H15Cl2NO3. The van der Waals surface area contributed by atoms with Gasteiger partial charge in [-0.2, -0.15) is 0 Å². The molecule has 0 amide bonds. The highest BCUT2D eigenvalue weighted by Gasteiger charge is 2.03. The van der Waals surface area contributed by atoms with Gasteiger partial charge in [-0.1, -0.05) is 34.4 Å². The molecule has 0 N–H and O–H groups in total. The fourth-order valence-corrected chi connectivity index (χ4v) is 2.08. The fourth-order valence-electron chi connectivity index (χ4n) is 1.76. The molecule has 0 radical (unpaired) electrons. The Morgan fingerprint density at radius 1 is 1.00 bits per heavy atom. The van der Waals surface area contributed by atoms with E-state index in [2.05, 4.69) is 5.16 Å². The largest absolute Gasteiger partial charge is 0.497 e. The van der Waals surface area contributed by atoms with E-state index in [9.17, 15) is 0 Å². The third-order valence-electron chi connectivity index (χ3n) is 2.92. The summed E-state index contributed by atoms with van der Waals surface area (Å²) in [5, 5.41) is 4.93. The molecule has 6 heteroatoms. The number of halogens is 2. The first kappa shape index (κ1) is 16.5. The normalized spacial score (nSPS) is 10.7. The summed E-state index contributed by atoms with van der Waals surface area (Å²) in [5.41, 5.74) is 1.67. The van der Waals surface area contributed by atoms with Gasteiger partial charge >= 0.3 is 0 Å². The summed E-state index contributed by atoms with van der Waals surface area (Å²) in [6.07, 6.45) is 1.58. The monoisotopic (exact) mass is 339 g/mol. The first-order valence-electron chi connectivity index (χ1n) is 6.45. The Labute approximate surface area is 139 Å². The molecule has 0 aliphatic rings. The van der Waals surface area contributed by atoms with Crippen LogP contribution in [-0.2, 0) is 11.4 Å². The van der Waals surface area contributed by atoms with Gasteiger partial charge in [0.15, 0.2) is 0 Å². The highest BCUT2D eigenvalue weighted by molar-refractivity contribution is 6.42. The van der Waals surface area contributed by atoms with Gasteiger partial charge in [-0.05, 0) is 29.8 Å². The van der Waals surface area contributed by atoms with Crippen molar-refractivity contribution in [2.45, 2.75) is 6.61 Å². The highest BCUT2D eigenvalue weighted by Crippen LogP contribution is 2.24. The van der Waals surface area contributed by atoms with Crippen LogP contribution in [0, 0.1) is 0 Å². The molecule has 0 aliphatic heterocycles. The Kier molecular flexibility index (Phi) is 5.92. The number of hydrogen-bond donors (Lipinski definition) is 0. The smallest absolute Gasteiger partial charge is 0.142 e. The van der Waals surface area contributed by atoms with Gasteiger partial charge in [-0.25, -0.2) is 0 Å². The molecule has 4 nitrogen and oxygen atoms in total. The number of methoxy groups -OCH3 is 2. The molecule has 0 aliphatic carbocycles. The highest BCUT2D eigenvalue weighted by atomic mass is 35.5. The second-order valence-electron chi connectivity index (χ2n) is 4.36. The van der Waals surface area contributed by atoms with Gasteiger partial charge in [-0.15, -0.1) is 0 Å². The fraction of sp³-hybridized carbons (Fsp3) is 0.188. The van der Waals surface area contributed by atoms with Crippen LogP contribution in [0.25, 0.3) is 0 Å². The van der Waals surface area contributed by atoms with E-state index >= 15 is 0 Å². The summed E-state index contributed by atoms with van der Waals surface area (Å²) in [6.45, 7) is 0.297. The third-order valence-corrected chi connectivity index (χ3v) is 3.66. The van der Waals surface area contributed by atoms with Crippen molar-refractivity contribution in [3.05, 3.63) is 57.6 Å². The van der Waals surface area contributed by atoms with Crippen molar-refractivity contribution < 1.29 is 14.3 Å². The minimum absolute atomic E-state index is 0.297. The van der Waals surface area contributed by atoms with Crippen LogP contribution in [0.1, 0.15) is 11.1 Å². The van der Waals surface area contributed by atoms with Crippen LogP contribution in [-0.4, -0.2) is 20.4 Å². The number of rotatable bonds is 6. The van der Waals surface area contributed by atoms with Crippen molar-refractivity contribution in [3.63, 3.8) is 0 Å². The lowest BCUT2D eigenvalue weighted by molar-refractivity contribution is 0.132. The van der Waals surface area contributed by atoms with Gasteiger partial charge in [-0.3, -0.25) is 0 Å². The molecule has 22 heavy (non-hydrogen) atoms. The lowest BCUT2D eigenvalue weighted by Crippen LogP contribution is -1.93. The minimum Gasteiger partial charge on any atom is -0.497 e. The Morgan fingerprint density at radius 2 is 1.82 bits per heavy atom. The van der Waals surface area contributed by atoms with Crippen LogP contribution in [0.5, 0.6) is 11.5 Å². The van der Waals surface area contributed by atoms with E-state index in [1.807, 2.05) is 18.2 Å². The molecule has 0 fully saturated rings. The molecule has 2 rings (SSSR count). The molecule has 0 unspecified atom stereocenters. The van der Waals surface area contributed by atoms with E-state index in [0.29, 0.717) is 28.2 Å². The first-order valence-corrected chi connectivity index (χ1v) is 7.21. The minimum atomic E-state index is 0.297. The standard InChI is InChI=1S/C16H15Cl2NO3/c1-20-13-5-4-12(16(8-13)21-2)9-19-22-10-11-3-6-14(17)15(18)7-11/h3-9H,10H2,1-2H3/b19-9+. The number of ether oxygens (including phenoxy) is 2. The summed E-state index contributed by atoms with van der Waals surface area (Å²) in [6, 6.07) is 10.7. The van der Waals surface area contributed by atoms with Crippen molar-refractivity contribution in [3.8, 4) is 11.5 Å². The summed E-state index contributed by atoms with van der Waals surface area (Å²) in [4.78, 5) is 5.26. The third kappa shape index (κ3) is 4.29. The molecule has 2 aromatic rings. The number of oxime groups is 1. The Hall–Kier alpha value is -1.91. The zero-order valence-corrected chi connectivity index (χ0v) is 13.7. The van der Waals surface area contributed by atoms with Crippen LogP contribution in [0.4, 0.5) is 0 Å². The molecular weight excluding hydrogens is 325 g/mol. The first-order chi connectivity index (χ1) is 10.6. The average Bonchev–Trinajstić information content (AvgIpc) is 2.54. The molecule has 2 aromatic carbocycles. The molecule has 0 atom stereocenters. The predicted octanol–water partition coefficient (Wildman–Crippen LogP) is 4.56.